The molecule has 3 nitrogen and oxygen atoms in total. The first-order chi connectivity index (χ1) is 8.75. The number of fused-ring (bicyclic) bond motifs is 1. The van der Waals surface area contributed by atoms with Crippen LogP contribution in [-0.4, -0.2) is 4.98 Å². The largest absolute Gasteiger partial charge is 0.464 e. The molecule has 0 aliphatic rings. The molecule has 2 N–H and O–H groups in total. The first kappa shape index (κ1) is 11.0. The second-order valence-corrected chi connectivity index (χ2v) is 4.34. The van der Waals surface area contributed by atoms with Crippen LogP contribution < -0.4 is 5.73 Å². The Balaban J connectivity index is 2.14. The maximum atomic E-state index is 6.27. The molecule has 2 aromatic heterocycles. The van der Waals surface area contributed by atoms with E-state index in [0.717, 1.165) is 28.0 Å². The minimum Gasteiger partial charge on any atom is -0.464 e. The third-order valence-electron chi connectivity index (χ3n) is 3.08. The Hall–Kier alpha value is -2.13. The molecule has 0 fully saturated rings. The van der Waals surface area contributed by atoms with Crippen molar-refractivity contribution < 1.29 is 4.42 Å². The molecule has 3 aromatic rings. The lowest BCUT2D eigenvalue weighted by Crippen LogP contribution is -2.11. The van der Waals surface area contributed by atoms with Gasteiger partial charge in [0.25, 0.3) is 0 Å². The Bertz CT molecular complexity index is 682. The van der Waals surface area contributed by atoms with Gasteiger partial charge in [0.15, 0.2) is 0 Å². The lowest BCUT2D eigenvalue weighted by Gasteiger charge is -2.12. The minimum absolute atomic E-state index is 0.258. The van der Waals surface area contributed by atoms with Crippen molar-refractivity contribution in [2.75, 3.05) is 0 Å². The summed E-state index contributed by atoms with van der Waals surface area (Å²) >= 11 is 0. The highest BCUT2D eigenvalue weighted by atomic mass is 16.3. The van der Waals surface area contributed by atoms with Crippen molar-refractivity contribution in [2.24, 2.45) is 5.73 Å². The topological polar surface area (TPSA) is 52.0 Å². The van der Waals surface area contributed by atoms with Crippen LogP contribution in [0.1, 0.15) is 23.1 Å². The van der Waals surface area contributed by atoms with Gasteiger partial charge < -0.3 is 10.2 Å². The Morgan fingerprint density at radius 2 is 2.00 bits per heavy atom. The number of rotatable bonds is 2. The SMILES string of the molecule is Cc1ccc(C(N)c2cccc3ncccc23)o1. The molecular formula is C15H14N2O. The van der Waals surface area contributed by atoms with E-state index >= 15 is 0 Å². The summed E-state index contributed by atoms with van der Waals surface area (Å²) in [5, 5.41) is 1.07. The molecule has 0 saturated heterocycles. The summed E-state index contributed by atoms with van der Waals surface area (Å²) in [5.74, 6) is 1.66. The van der Waals surface area contributed by atoms with E-state index in [0.29, 0.717) is 0 Å². The van der Waals surface area contributed by atoms with Gasteiger partial charge >= 0.3 is 0 Å². The minimum atomic E-state index is -0.258. The molecule has 18 heavy (non-hydrogen) atoms. The molecule has 90 valence electrons. The van der Waals surface area contributed by atoms with Gasteiger partial charge in [-0.1, -0.05) is 18.2 Å². The third kappa shape index (κ3) is 1.79. The van der Waals surface area contributed by atoms with E-state index in [2.05, 4.69) is 4.98 Å². The van der Waals surface area contributed by atoms with Crippen molar-refractivity contribution >= 4 is 10.9 Å². The van der Waals surface area contributed by atoms with E-state index in [9.17, 15) is 0 Å². The van der Waals surface area contributed by atoms with Crippen LogP contribution in [0.5, 0.6) is 0 Å². The maximum absolute atomic E-state index is 6.27. The van der Waals surface area contributed by atoms with Crippen molar-refractivity contribution in [3.05, 3.63) is 65.7 Å². The molecule has 3 rings (SSSR count). The fourth-order valence-electron chi connectivity index (χ4n) is 2.17. The number of pyridine rings is 1. The summed E-state index contributed by atoms with van der Waals surface area (Å²) in [5.41, 5.74) is 8.26. The van der Waals surface area contributed by atoms with Crippen LogP contribution in [0.4, 0.5) is 0 Å². The van der Waals surface area contributed by atoms with Gasteiger partial charge in [0.1, 0.15) is 11.5 Å². The van der Waals surface area contributed by atoms with Crippen molar-refractivity contribution in [1.29, 1.82) is 0 Å². The second kappa shape index (κ2) is 4.27. The first-order valence-electron chi connectivity index (χ1n) is 5.91. The monoisotopic (exact) mass is 238 g/mol. The average Bonchev–Trinajstić information content (AvgIpc) is 2.84. The van der Waals surface area contributed by atoms with Gasteiger partial charge in [0.2, 0.25) is 0 Å². The first-order valence-corrected chi connectivity index (χ1v) is 5.91. The molecule has 0 aliphatic carbocycles. The van der Waals surface area contributed by atoms with Crippen LogP contribution in [0.15, 0.2) is 53.1 Å². The summed E-state index contributed by atoms with van der Waals surface area (Å²) < 4.78 is 5.60. The van der Waals surface area contributed by atoms with E-state index in [1.165, 1.54) is 0 Å². The molecule has 0 saturated carbocycles. The molecule has 0 radical (unpaired) electrons. The van der Waals surface area contributed by atoms with Crippen molar-refractivity contribution in [1.82, 2.24) is 4.98 Å². The van der Waals surface area contributed by atoms with Crippen LogP contribution in [-0.2, 0) is 0 Å². The van der Waals surface area contributed by atoms with Crippen LogP contribution in [0.25, 0.3) is 10.9 Å². The number of benzene rings is 1. The number of aromatic nitrogens is 1. The third-order valence-corrected chi connectivity index (χ3v) is 3.08. The lowest BCUT2D eigenvalue weighted by atomic mass is 10.0. The molecule has 0 spiro atoms. The lowest BCUT2D eigenvalue weighted by molar-refractivity contribution is 0.467. The van der Waals surface area contributed by atoms with Crippen molar-refractivity contribution in [3.63, 3.8) is 0 Å². The molecule has 3 heteroatoms. The van der Waals surface area contributed by atoms with E-state index in [-0.39, 0.29) is 6.04 Å². The quantitative estimate of drug-likeness (QED) is 0.746. The van der Waals surface area contributed by atoms with Gasteiger partial charge in [0.05, 0.1) is 11.6 Å². The zero-order chi connectivity index (χ0) is 12.5. The Morgan fingerprint density at radius 3 is 2.78 bits per heavy atom. The smallest absolute Gasteiger partial charge is 0.125 e. The van der Waals surface area contributed by atoms with Crippen LogP contribution in [0.3, 0.4) is 0 Å². The fraction of sp³-hybridized carbons (Fsp3) is 0.133. The molecule has 1 atom stereocenters. The van der Waals surface area contributed by atoms with Gasteiger partial charge in [-0.2, -0.15) is 0 Å². The highest BCUT2D eigenvalue weighted by Gasteiger charge is 2.15. The summed E-state index contributed by atoms with van der Waals surface area (Å²) in [4.78, 5) is 4.34. The van der Waals surface area contributed by atoms with E-state index in [4.69, 9.17) is 10.2 Å². The average molecular weight is 238 g/mol. The Labute approximate surface area is 105 Å². The number of hydrogen-bond acceptors (Lipinski definition) is 3. The zero-order valence-electron chi connectivity index (χ0n) is 10.1. The standard InChI is InChI=1S/C15H14N2O/c1-10-7-8-14(18-10)15(16)12-4-2-6-13-11(12)5-3-9-17-13/h2-9,15H,16H2,1H3. The Kier molecular flexibility index (Phi) is 2.61. The highest BCUT2D eigenvalue weighted by molar-refractivity contribution is 5.82. The normalized spacial score (nSPS) is 12.8. The maximum Gasteiger partial charge on any atom is 0.125 e. The van der Waals surface area contributed by atoms with E-state index in [1.54, 1.807) is 6.20 Å². The summed E-state index contributed by atoms with van der Waals surface area (Å²) in [6.07, 6.45) is 1.79. The molecule has 1 aromatic carbocycles. The van der Waals surface area contributed by atoms with Gasteiger partial charge in [0, 0.05) is 11.6 Å². The van der Waals surface area contributed by atoms with Gasteiger partial charge in [-0.25, -0.2) is 0 Å². The summed E-state index contributed by atoms with van der Waals surface area (Å²) in [6, 6.07) is 13.5. The van der Waals surface area contributed by atoms with Crippen LogP contribution >= 0.6 is 0 Å². The number of aryl methyl sites for hydroxylation is 1. The molecular weight excluding hydrogens is 224 g/mol. The van der Waals surface area contributed by atoms with E-state index < -0.39 is 0 Å². The van der Waals surface area contributed by atoms with Gasteiger partial charge in [-0.15, -0.1) is 0 Å². The zero-order valence-corrected chi connectivity index (χ0v) is 10.1. The predicted octanol–water partition coefficient (Wildman–Crippen LogP) is 3.18. The fourth-order valence-corrected chi connectivity index (χ4v) is 2.17. The summed E-state index contributed by atoms with van der Waals surface area (Å²) in [6.45, 7) is 1.92. The van der Waals surface area contributed by atoms with E-state index in [1.807, 2.05) is 49.4 Å². The van der Waals surface area contributed by atoms with Gasteiger partial charge in [-0.05, 0) is 36.8 Å². The van der Waals surface area contributed by atoms with Crippen molar-refractivity contribution in [2.45, 2.75) is 13.0 Å². The predicted molar refractivity (Wildman–Crippen MR) is 71.2 cm³/mol. The summed E-state index contributed by atoms with van der Waals surface area (Å²) in [7, 11) is 0. The number of nitrogens with two attached hydrogens (primary N) is 1. The molecule has 2 heterocycles. The highest BCUT2D eigenvalue weighted by Crippen LogP contribution is 2.27. The number of hydrogen-bond donors (Lipinski definition) is 1. The van der Waals surface area contributed by atoms with Crippen LogP contribution in [0, 0.1) is 6.92 Å². The molecule has 0 amide bonds. The molecule has 1 unspecified atom stereocenters. The van der Waals surface area contributed by atoms with Gasteiger partial charge in [-0.3, -0.25) is 4.98 Å². The molecule has 0 bridgehead atoms. The molecule has 0 aliphatic heterocycles. The number of nitrogens with zero attached hydrogens (tertiary/aromatic N) is 1. The van der Waals surface area contributed by atoms with Crippen molar-refractivity contribution in [3.8, 4) is 0 Å². The van der Waals surface area contributed by atoms with Crippen LogP contribution in [0.2, 0.25) is 0 Å². The Morgan fingerprint density at radius 1 is 1.11 bits per heavy atom. The second-order valence-electron chi connectivity index (χ2n) is 4.34. The number of furan rings is 1.